The van der Waals surface area contributed by atoms with Gasteiger partial charge in [0.05, 0.1) is 24.9 Å². The molecule has 1 atom stereocenters. The average molecular weight is 367 g/mol. The molecule has 1 amide bonds. The van der Waals surface area contributed by atoms with Crippen LogP contribution in [0.5, 0.6) is 11.5 Å². The first-order valence-electron chi connectivity index (χ1n) is 7.34. The van der Waals surface area contributed by atoms with E-state index in [0.29, 0.717) is 16.9 Å². The van der Waals surface area contributed by atoms with Gasteiger partial charge in [-0.05, 0) is 46.7 Å². The highest BCUT2D eigenvalue weighted by molar-refractivity contribution is 9.10. The minimum absolute atomic E-state index is 0.0301. The first-order chi connectivity index (χ1) is 10.6. The van der Waals surface area contributed by atoms with E-state index in [-0.39, 0.29) is 11.8 Å². The number of amides is 1. The molecule has 0 aromatic heterocycles. The van der Waals surface area contributed by atoms with Crippen LogP contribution in [0.3, 0.4) is 0 Å². The topological polar surface area (TPSA) is 59.9 Å². The molecule has 2 fully saturated rings. The van der Waals surface area contributed by atoms with Gasteiger partial charge in [0, 0.05) is 17.5 Å². The highest BCUT2D eigenvalue weighted by atomic mass is 79.9. The standard InChI is InChI=1S/C16H19BrN2O3/c1-21-13-7-14(22-2)12(17)6-10(13)9-18-19-15(20)11-8-16(11)4-3-5-16/h6-7,9,11H,3-5,8H2,1-2H3,(H,19,20). The van der Waals surface area contributed by atoms with Crippen LogP contribution in [0.25, 0.3) is 0 Å². The lowest BCUT2D eigenvalue weighted by atomic mass is 9.80. The monoisotopic (exact) mass is 366 g/mol. The van der Waals surface area contributed by atoms with Crippen molar-refractivity contribution in [2.75, 3.05) is 14.2 Å². The number of ether oxygens (including phenoxy) is 2. The molecule has 2 aliphatic rings. The summed E-state index contributed by atoms with van der Waals surface area (Å²) in [6, 6.07) is 3.62. The summed E-state index contributed by atoms with van der Waals surface area (Å²) < 4.78 is 11.3. The van der Waals surface area contributed by atoms with Gasteiger partial charge in [-0.1, -0.05) is 6.42 Å². The Morgan fingerprint density at radius 3 is 2.64 bits per heavy atom. The number of carbonyl (C=O) groups is 1. The molecular weight excluding hydrogens is 348 g/mol. The largest absolute Gasteiger partial charge is 0.496 e. The maximum atomic E-state index is 12.0. The van der Waals surface area contributed by atoms with E-state index in [1.165, 1.54) is 19.3 Å². The molecule has 0 heterocycles. The van der Waals surface area contributed by atoms with Gasteiger partial charge >= 0.3 is 0 Å². The van der Waals surface area contributed by atoms with E-state index in [2.05, 4.69) is 26.5 Å². The van der Waals surface area contributed by atoms with Crippen molar-refractivity contribution in [3.8, 4) is 11.5 Å². The molecule has 1 N–H and O–H groups in total. The van der Waals surface area contributed by atoms with Gasteiger partial charge in [-0.3, -0.25) is 4.79 Å². The third kappa shape index (κ3) is 2.72. The number of hydrogen-bond acceptors (Lipinski definition) is 4. The second-order valence-electron chi connectivity index (χ2n) is 5.94. The fourth-order valence-corrected chi connectivity index (χ4v) is 3.65. The number of hydrogen-bond donors (Lipinski definition) is 1. The summed E-state index contributed by atoms with van der Waals surface area (Å²) in [5.41, 5.74) is 3.73. The Kier molecular flexibility index (Phi) is 4.12. The van der Waals surface area contributed by atoms with Crippen LogP contribution >= 0.6 is 15.9 Å². The van der Waals surface area contributed by atoms with Gasteiger partial charge in [0.25, 0.3) is 0 Å². The van der Waals surface area contributed by atoms with E-state index in [1.54, 1.807) is 26.5 Å². The van der Waals surface area contributed by atoms with Crippen molar-refractivity contribution < 1.29 is 14.3 Å². The van der Waals surface area contributed by atoms with Crippen molar-refractivity contribution in [2.45, 2.75) is 25.7 Å². The van der Waals surface area contributed by atoms with Gasteiger partial charge < -0.3 is 9.47 Å². The highest BCUT2D eigenvalue weighted by Crippen LogP contribution is 2.65. The van der Waals surface area contributed by atoms with Crippen LogP contribution in [0.4, 0.5) is 0 Å². The Morgan fingerprint density at radius 2 is 2.09 bits per heavy atom. The second kappa shape index (κ2) is 5.91. The fourth-order valence-electron chi connectivity index (χ4n) is 3.13. The molecule has 1 aromatic carbocycles. The summed E-state index contributed by atoms with van der Waals surface area (Å²) in [4.78, 5) is 12.0. The Hall–Kier alpha value is -1.56. The smallest absolute Gasteiger partial charge is 0.243 e. The number of nitrogens with zero attached hydrogens (tertiary/aromatic N) is 1. The van der Waals surface area contributed by atoms with Gasteiger partial charge in [-0.15, -0.1) is 0 Å². The number of hydrazone groups is 1. The summed E-state index contributed by atoms with van der Waals surface area (Å²) in [6.07, 6.45) is 6.24. The first-order valence-corrected chi connectivity index (χ1v) is 8.13. The van der Waals surface area contributed by atoms with E-state index >= 15 is 0 Å². The fraction of sp³-hybridized carbons (Fsp3) is 0.500. The molecule has 5 nitrogen and oxygen atoms in total. The molecule has 118 valence electrons. The van der Waals surface area contributed by atoms with Crippen molar-refractivity contribution >= 4 is 28.1 Å². The molecule has 2 aliphatic carbocycles. The van der Waals surface area contributed by atoms with Crippen LogP contribution < -0.4 is 14.9 Å². The lowest BCUT2D eigenvalue weighted by Gasteiger charge is -2.25. The molecule has 0 saturated heterocycles. The molecule has 0 aliphatic heterocycles. The normalized spacial score (nSPS) is 21.5. The van der Waals surface area contributed by atoms with Crippen molar-refractivity contribution in [3.05, 3.63) is 22.2 Å². The number of nitrogens with one attached hydrogen (secondary N) is 1. The first kappa shape index (κ1) is 15.3. The number of rotatable bonds is 5. The molecule has 0 bridgehead atoms. The van der Waals surface area contributed by atoms with E-state index in [9.17, 15) is 4.79 Å². The van der Waals surface area contributed by atoms with Crippen molar-refractivity contribution in [2.24, 2.45) is 16.4 Å². The summed E-state index contributed by atoms with van der Waals surface area (Å²) in [7, 11) is 3.18. The molecule has 6 heteroatoms. The highest BCUT2D eigenvalue weighted by Gasteiger charge is 2.60. The Bertz CT molecular complexity index is 626. The van der Waals surface area contributed by atoms with Crippen LogP contribution in [0, 0.1) is 11.3 Å². The van der Waals surface area contributed by atoms with Gasteiger partial charge in [-0.25, -0.2) is 5.43 Å². The van der Waals surface area contributed by atoms with Crippen LogP contribution in [-0.4, -0.2) is 26.3 Å². The average Bonchev–Trinajstić information content (AvgIpc) is 3.23. The molecule has 1 spiro atoms. The van der Waals surface area contributed by atoms with Gasteiger partial charge in [-0.2, -0.15) is 5.10 Å². The zero-order valence-corrected chi connectivity index (χ0v) is 14.3. The summed E-state index contributed by atoms with van der Waals surface area (Å²) in [5.74, 6) is 1.51. The van der Waals surface area contributed by atoms with E-state index in [0.717, 1.165) is 16.5 Å². The molecule has 1 aromatic rings. The lowest BCUT2D eigenvalue weighted by Crippen LogP contribution is -2.26. The van der Waals surface area contributed by atoms with Crippen molar-refractivity contribution in [1.29, 1.82) is 0 Å². The zero-order chi connectivity index (χ0) is 15.7. The minimum Gasteiger partial charge on any atom is -0.496 e. The second-order valence-corrected chi connectivity index (χ2v) is 6.79. The quantitative estimate of drug-likeness (QED) is 0.643. The summed E-state index contributed by atoms with van der Waals surface area (Å²) in [5, 5.41) is 4.07. The molecule has 0 radical (unpaired) electrons. The van der Waals surface area contributed by atoms with Crippen LogP contribution in [0.2, 0.25) is 0 Å². The van der Waals surface area contributed by atoms with Gasteiger partial charge in [0.1, 0.15) is 11.5 Å². The molecule has 2 saturated carbocycles. The predicted molar refractivity (Wildman–Crippen MR) is 87.4 cm³/mol. The third-order valence-corrected chi connectivity index (χ3v) is 5.36. The van der Waals surface area contributed by atoms with E-state index in [1.807, 2.05) is 6.07 Å². The zero-order valence-electron chi connectivity index (χ0n) is 12.7. The minimum atomic E-state index is 0.0301. The van der Waals surface area contributed by atoms with E-state index in [4.69, 9.17) is 9.47 Å². The summed E-state index contributed by atoms with van der Waals surface area (Å²) >= 11 is 3.43. The van der Waals surface area contributed by atoms with Crippen LogP contribution in [0.15, 0.2) is 21.7 Å². The Morgan fingerprint density at radius 1 is 1.36 bits per heavy atom. The number of halogens is 1. The Balaban J connectivity index is 1.65. The Labute approximate surface area is 138 Å². The molecular formula is C16H19BrN2O3. The number of benzene rings is 1. The van der Waals surface area contributed by atoms with E-state index < -0.39 is 0 Å². The SMILES string of the molecule is COc1cc(OC)c(C=NNC(=O)C2CC23CCC3)cc1Br. The molecule has 1 unspecified atom stereocenters. The predicted octanol–water partition coefficient (Wildman–Crippen LogP) is 3.11. The maximum Gasteiger partial charge on any atom is 0.243 e. The van der Waals surface area contributed by atoms with Crippen molar-refractivity contribution in [1.82, 2.24) is 5.43 Å². The van der Waals surface area contributed by atoms with Crippen molar-refractivity contribution in [3.63, 3.8) is 0 Å². The van der Waals surface area contributed by atoms with Crippen LogP contribution in [0.1, 0.15) is 31.2 Å². The summed E-state index contributed by atoms with van der Waals surface area (Å²) in [6.45, 7) is 0. The van der Waals surface area contributed by atoms with Gasteiger partial charge in [0.2, 0.25) is 5.91 Å². The molecule has 3 rings (SSSR count). The van der Waals surface area contributed by atoms with Gasteiger partial charge in [0.15, 0.2) is 0 Å². The number of methoxy groups -OCH3 is 2. The van der Waals surface area contributed by atoms with Crippen LogP contribution in [-0.2, 0) is 4.79 Å². The number of carbonyl (C=O) groups excluding carboxylic acids is 1. The maximum absolute atomic E-state index is 12.0. The lowest BCUT2D eigenvalue weighted by molar-refractivity contribution is -0.123. The third-order valence-electron chi connectivity index (χ3n) is 4.74. The molecule has 22 heavy (non-hydrogen) atoms.